The van der Waals surface area contributed by atoms with Crippen LogP contribution in [0.4, 0.5) is 0 Å². The minimum Gasteiger partial charge on any atom is -0.290 e. The Kier molecular flexibility index (Phi) is 3.42. The number of hydrogen-bond acceptors (Lipinski definition) is 3. The van der Waals surface area contributed by atoms with Crippen LogP contribution in [-0.4, -0.2) is 14.4 Å². The highest BCUT2D eigenvalue weighted by Crippen LogP contribution is 2.44. The lowest BCUT2D eigenvalue weighted by Gasteiger charge is -2.04. The number of nitrogens with zero attached hydrogens (tertiary/aromatic N) is 3. The Morgan fingerprint density at radius 1 is 0.528 bits per heavy atom. The van der Waals surface area contributed by atoms with Crippen molar-refractivity contribution >= 4 is 80.9 Å². The summed E-state index contributed by atoms with van der Waals surface area (Å²) in [5.74, 6) is 0. The number of fused-ring (bicyclic) bond motifs is 11. The molecular formula is C32H17N3S. The highest BCUT2D eigenvalue weighted by molar-refractivity contribution is 7.26. The van der Waals surface area contributed by atoms with Gasteiger partial charge >= 0.3 is 0 Å². The standard InChI is InChI=1S/C32H17N3S/c1-2-7-18(8-3-1)19-13-16-25-26(17-19)34-32-28(33-25)24-11-6-10-21-22-14-15-23-20-9-4-5-12-27(20)36-31(23)30(22)35(32)29(21)24/h1-17H. The van der Waals surface area contributed by atoms with Crippen molar-refractivity contribution in [2.75, 3.05) is 0 Å². The van der Waals surface area contributed by atoms with Gasteiger partial charge in [-0.2, -0.15) is 0 Å². The van der Waals surface area contributed by atoms with Gasteiger partial charge in [0, 0.05) is 31.6 Å². The first-order valence-electron chi connectivity index (χ1n) is 12.1. The lowest BCUT2D eigenvalue weighted by atomic mass is 10.1. The van der Waals surface area contributed by atoms with E-state index in [9.17, 15) is 0 Å². The number of para-hydroxylation sites is 1. The van der Waals surface area contributed by atoms with Gasteiger partial charge < -0.3 is 0 Å². The maximum Gasteiger partial charge on any atom is 0.165 e. The monoisotopic (exact) mass is 475 g/mol. The molecule has 4 heterocycles. The van der Waals surface area contributed by atoms with Gasteiger partial charge in [-0.05, 0) is 29.3 Å². The molecular weight excluding hydrogens is 458 g/mol. The van der Waals surface area contributed by atoms with Crippen LogP contribution in [0.2, 0.25) is 0 Å². The normalized spacial score (nSPS) is 12.4. The van der Waals surface area contributed by atoms with Gasteiger partial charge in [0.05, 0.1) is 26.8 Å². The van der Waals surface area contributed by atoms with Gasteiger partial charge in [0.2, 0.25) is 0 Å². The number of hydrogen-bond donors (Lipinski definition) is 0. The molecule has 3 nitrogen and oxygen atoms in total. The summed E-state index contributed by atoms with van der Waals surface area (Å²) in [7, 11) is 0. The van der Waals surface area contributed by atoms with E-state index in [2.05, 4.69) is 101 Å². The highest BCUT2D eigenvalue weighted by Gasteiger charge is 2.22. The molecule has 0 N–H and O–H groups in total. The van der Waals surface area contributed by atoms with Gasteiger partial charge in [-0.25, -0.2) is 9.97 Å². The van der Waals surface area contributed by atoms with Crippen LogP contribution in [0.1, 0.15) is 0 Å². The molecule has 4 aromatic heterocycles. The van der Waals surface area contributed by atoms with Gasteiger partial charge in [-0.15, -0.1) is 11.3 Å². The Hall–Kier alpha value is -4.54. The molecule has 0 saturated heterocycles. The third-order valence-electron chi connectivity index (χ3n) is 7.51. The molecule has 0 saturated carbocycles. The van der Waals surface area contributed by atoms with Crippen LogP contribution in [-0.2, 0) is 0 Å². The zero-order chi connectivity index (χ0) is 23.4. The number of benzene rings is 5. The summed E-state index contributed by atoms with van der Waals surface area (Å²) in [4.78, 5) is 10.4. The summed E-state index contributed by atoms with van der Waals surface area (Å²) in [6.45, 7) is 0. The van der Waals surface area contributed by atoms with Crippen LogP contribution < -0.4 is 0 Å². The second kappa shape index (κ2) is 6.56. The second-order valence-corrected chi connectivity index (χ2v) is 10.5. The Morgan fingerprint density at radius 3 is 2.25 bits per heavy atom. The van der Waals surface area contributed by atoms with Crippen LogP contribution in [0.25, 0.3) is 80.7 Å². The van der Waals surface area contributed by atoms with Crippen molar-refractivity contribution in [1.82, 2.24) is 14.4 Å². The van der Waals surface area contributed by atoms with E-state index in [0.717, 1.165) is 33.1 Å². The molecule has 36 heavy (non-hydrogen) atoms. The van der Waals surface area contributed by atoms with E-state index in [-0.39, 0.29) is 0 Å². The topological polar surface area (TPSA) is 30.2 Å². The quantitative estimate of drug-likeness (QED) is 0.237. The van der Waals surface area contributed by atoms with Gasteiger partial charge in [0.25, 0.3) is 0 Å². The molecule has 9 aromatic rings. The third-order valence-corrected chi connectivity index (χ3v) is 8.71. The fourth-order valence-corrected chi connectivity index (χ4v) is 7.16. The largest absolute Gasteiger partial charge is 0.290 e. The fraction of sp³-hybridized carbons (Fsp3) is 0. The van der Waals surface area contributed by atoms with Crippen molar-refractivity contribution in [3.63, 3.8) is 0 Å². The first-order valence-corrected chi connectivity index (χ1v) is 12.9. The summed E-state index contributed by atoms with van der Waals surface area (Å²) in [6.07, 6.45) is 0. The zero-order valence-corrected chi connectivity index (χ0v) is 19.9. The molecule has 0 aliphatic heterocycles. The molecule has 0 aliphatic rings. The molecule has 0 atom stereocenters. The van der Waals surface area contributed by atoms with Crippen molar-refractivity contribution < 1.29 is 0 Å². The van der Waals surface area contributed by atoms with E-state index in [4.69, 9.17) is 9.97 Å². The van der Waals surface area contributed by atoms with E-state index in [1.807, 2.05) is 17.4 Å². The third kappa shape index (κ3) is 2.27. The Labute approximate surface area is 209 Å². The summed E-state index contributed by atoms with van der Waals surface area (Å²) in [6, 6.07) is 36.7. The van der Waals surface area contributed by atoms with Crippen LogP contribution in [0.3, 0.4) is 0 Å². The van der Waals surface area contributed by atoms with Gasteiger partial charge in [-0.3, -0.25) is 4.40 Å². The molecule has 0 radical (unpaired) electrons. The van der Waals surface area contributed by atoms with Crippen molar-refractivity contribution in [2.24, 2.45) is 0 Å². The van der Waals surface area contributed by atoms with Crippen molar-refractivity contribution in [3.8, 4) is 11.1 Å². The predicted octanol–water partition coefficient (Wildman–Crippen LogP) is 8.81. The Bertz CT molecular complexity index is 2310. The van der Waals surface area contributed by atoms with Crippen LogP contribution in [0.15, 0.2) is 103 Å². The zero-order valence-electron chi connectivity index (χ0n) is 19.1. The van der Waals surface area contributed by atoms with Crippen molar-refractivity contribution in [2.45, 2.75) is 0 Å². The number of rotatable bonds is 1. The maximum absolute atomic E-state index is 5.27. The lowest BCUT2D eigenvalue weighted by Crippen LogP contribution is -1.90. The average molecular weight is 476 g/mol. The Balaban J connectivity index is 1.49. The average Bonchev–Trinajstić information content (AvgIpc) is 3.58. The predicted molar refractivity (Wildman–Crippen MR) is 153 cm³/mol. The molecule has 0 unspecified atom stereocenters. The fourth-order valence-electron chi connectivity index (χ4n) is 5.92. The van der Waals surface area contributed by atoms with E-state index < -0.39 is 0 Å². The van der Waals surface area contributed by atoms with Crippen LogP contribution >= 0.6 is 11.3 Å². The van der Waals surface area contributed by atoms with E-state index in [0.29, 0.717) is 0 Å². The smallest absolute Gasteiger partial charge is 0.165 e. The molecule has 0 spiro atoms. The van der Waals surface area contributed by atoms with Crippen LogP contribution in [0, 0.1) is 0 Å². The summed E-state index contributed by atoms with van der Waals surface area (Å²) in [5.41, 5.74) is 8.53. The lowest BCUT2D eigenvalue weighted by molar-refractivity contribution is 1.28. The van der Waals surface area contributed by atoms with E-state index in [1.165, 1.54) is 47.5 Å². The number of aromatic nitrogens is 3. The second-order valence-electron chi connectivity index (χ2n) is 9.44. The molecule has 0 amide bonds. The number of thiophene rings is 1. The summed E-state index contributed by atoms with van der Waals surface area (Å²) >= 11 is 1.87. The molecule has 5 aromatic carbocycles. The van der Waals surface area contributed by atoms with Crippen LogP contribution in [0.5, 0.6) is 0 Å². The first kappa shape index (κ1) is 18.7. The molecule has 0 aliphatic carbocycles. The molecule has 0 bridgehead atoms. The molecule has 9 rings (SSSR count). The maximum atomic E-state index is 5.27. The highest BCUT2D eigenvalue weighted by atomic mass is 32.1. The van der Waals surface area contributed by atoms with Gasteiger partial charge in [-0.1, -0.05) is 84.9 Å². The molecule has 4 heteroatoms. The van der Waals surface area contributed by atoms with Gasteiger partial charge in [0.1, 0.15) is 5.52 Å². The molecule has 0 fully saturated rings. The summed E-state index contributed by atoms with van der Waals surface area (Å²) < 4.78 is 4.99. The van der Waals surface area contributed by atoms with Crippen molar-refractivity contribution in [1.29, 1.82) is 0 Å². The molecule has 166 valence electrons. The SMILES string of the molecule is c1ccc(-c2ccc3nc4c5cccc6c7ccc8c9ccccc9sc8c7n(c4nc3c2)c65)cc1. The van der Waals surface area contributed by atoms with Gasteiger partial charge in [0.15, 0.2) is 5.65 Å². The van der Waals surface area contributed by atoms with E-state index in [1.54, 1.807) is 0 Å². The Morgan fingerprint density at radius 2 is 1.31 bits per heavy atom. The van der Waals surface area contributed by atoms with E-state index >= 15 is 0 Å². The first-order chi connectivity index (χ1) is 17.8. The minimum absolute atomic E-state index is 0.918. The van der Waals surface area contributed by atoms with Crippen molar-refractivity contribution in [3.05, 3.63) is 103 Å². The minimum atomic E-state index is 0.918. The summed E-state index contributed by atoms with van der Waals surface area (Å²) in [5, 5.41) is 6.31.